The molecular weight excluding hydrogens is 873 g/mol. The van der Waals surface area contributed by atoms with E-state index in [-0.39, 0.29) is 56.3 Å². The molecule has 16 N–H and O–H groups in total. The molecule has 1 aliphatic rings. The fraction of sp³-hybridized carbons (Fsp3) is 0.500. The van der Waals surface area contributed by atoms with Crippen LogP contribution in [0.4, 0.5) is 0 Å². The second kappa shape index (κ2) is 27.2. The Morgan fingerprint density at radius 3 is 1.87 bits per heavy atom. The number of guanidine groups is 1. The molecule has 0 aromatic heterocycles. The predicted octanol–water partition coefficient (Wildman–Crippen LogP) is -2.97. The van der Waals surface area contributed by atoms with Crippen LogP contribution in [0.5, 0.6) is 5.75 Å². The van der Waals surface area contributed by atoms with Gasteiger partial charge in [0.15, 0.2) is 5.96 Å². The summed E-state index contributed by atoms with van der Waals surface area (Å²) < 4.78 is 0. The molecule has 0 aliphatic carbocycles. The number of nitrogens with zero attached hydrogens (tertiary/aromatic N) is 1. The lowest BCUT2D eigenvalue weighted by atomic mass is 10.0. The zero-order chi connectivity index (χ0) is 49.6. The molecule has 1 fully saturated rings. The summed E-state index contributed by atoms with van der Waals surface area (Å²) in [6.45, 7) is 5.14. The predicted molar refractivity (Wildman–Crippen MR) is 244 cm³/mol. The number of carbonyl (C=O) groups excluding carboxylic acids is 8. The first-order valence-electron chi connectivity index (χ1n) is 21.9. The summed E-state index contributed by atoms with van der Waals surface area (Å²) >= 11 is 0. The van der Waals surface area contributed by atoms with E-state index in [2.05, 4.69) is 47.5 Å². The maximum absolute atomic E-state index is 14.0. The van der Waals surface area contributed by atoms with Gasteiger partial charge >= 0.3 is 5.97 Å². The Hall–Kier alpha value is -7.30. The number of carboxylic acids is 1. The molecule has 0 spiro atoms. The summed E-state index contributed by atoms with van der Waals surface area (Å²) in [4.78, 5) is 122. The van der Waals surface area contributed by atoms with Crippen LogP contribution in [0.15, 0.2) is 59.6 Å². The Bertz CT molecular complexity index is 2060. The van der Waals surface area contributed by atoms with Crippen LogP contribution in [0.25, 0.3) is 0 Å². The first-order valence-corrected chi connectivity index (χ1v) is 21.9. The van der Waals surface area contributed by atoms with Gasteiger partial charge in [0.25, 0.3) is 0 Å². The zero-order valence-electron chi connectivity index (χ0n) is 37.8. The summed E-state index contributed by atoms with van der Waals surface area (Å²) in [6.07, 6.45) is 0.541. The molecule has 1 heterocycles. The highest BCUT2D eigenvalue weighted by Crippen LogP contribution is 2.13. The van der Waals surface area contributed by atoms with E-state index in [4.69, 9.17) is 17.2 Å². The molecule has 67 heavy (non-hydrogen) atoms. The minimum Gasteiger partial charge on any atom is -0.508 e. The van der Waals surface area contributed by atoms with Gasteiger partial charge in [0.1, 0.15) is 42.0 Å². The van der Waals surface area contributed by atoms with Crippen molar-refractivity contribution in [3.8, 4) is 5.75 Å². The zero-order valence-corrected chi connectivity index (χ0v) is 37.8. The summed E-state index contributed by atoms with van der Waals surface area (Å²) in [6, 6.07) is 5.54. The number of hydrogen-bond donors (Lipinski definition) is 13. The van der Waals surface area contributed by atoms with Crippen LogP contribution in [0.3, 0.4) is 0 Å². The molecule has 1 aliphatic heterocycles. The number of aromatic hydroxyl groups is 1. The van der Waals surface area contributed by atoms with E-state index in [1.807, 2.05) is 13.8 Å². The average molecular weight is 937 g/mol. The van der Waals surface area contributed by atoms with Gasteiger partial charge in [-0.1, -0.05) is 56.3 Å². The molecule has 0 unspecified atom stereocenters. The Kier molecular flexibility index (Phi) is 22.0. The van der Waals surface area contributed by atoms with Crippen LogP contribution < -0.4 is 59.7 Å². The van der Waals surface area contributed by atoms with Gasteiger partial charge in [-0.05, 0) is 74.8 Å². The third-order valence-electron chi connectivity index (χ3n) is 10.5. The number of carboxylic acid groups (broad SMARTS) is 1. The molecule has 7 atom stereocenters. The summed E-state index contributed by atoms with van der Waals surface area (Å²) in [5, 5.41) is 40.2. The van der Waals surface area contributed by atoms with E-state index in [0.717, 1.165) is 6.42 Å². The van der Waals surface area contributed by atoms with Crippen molar-refractivity contribution in [2.24, 2.45) is 28.1 Å². The lowest BCUT2D eigenvalue weighted by Gasteiger charge is -2.26. The van der Waals surface area contributed by atoms with Gasteiger partial charge in [0.2, 0.25) is 47.3 Å². The molecule has 3 rings (SSSR count). The molecule has 0 bridgehead atoms. The highest BCUT2D eigenvalue weighted by Gasteiger charge is 2.34. The number of carbonyl (C=O) groups is 9. The first-order chi connectivity index (χ1) is 31.7. The third-order valence-corrected chi connectivity index (χ3v) is 10.5. The van der Waals surface area contributed by atoms with Crippen LogP contribution in [0, 0.1) is 5.92 Å². The number of phenolic OH excluding ortho intramolecular Hbond substituents is 1. The number of aliphatic imine (C=N–C) groups is 1. The van der Waals surface area contributed by atoms with Gasteiger partial charge in [-0.2, -0.15) is 0 Å². The van der Waals surface area contributed by atoms with E-state index < -0.39 is 108 Å². The Morgan fingerprint density at radius 2 is 1.28 bits per heavy atom. The van der Waals surface area contributed by atoms with Crippen molar-refractivity contribution in [3.05, 3.63) is 65.7 Å². The van der Waals surface area contributed by atoms with E-state index in [1.54, 1.807) is 30.3 Å². The van der Waals surface area contributed by atoms with E-state index in [9.17, 15) is 53.4 Å². The molecule has 23 nitrogen and oxygen atoms in total. The Labute approximate surface area is 388 Å². The number of nitrogens with one attached hydrogen (secondary N) is 8. The molecule has 2 aromatic rings. The van der Waals surface area contributed by atoms with Crippen LogP contribution in [0.2, 0.25) is 0 Å². The number of aliphatic carboxylic acids is 1. The fourth-order valence-corrected chi connectivity index (χ4v) is 6.95. The van der Waals surface area contributed by atoms with Gasteiger partial charge < -0.3 is 69.9 Å². The smallest absolute Gasteiger partial charge is 0.305 e. The quantitative estimate of drug-likeness (QED) is 0.0242. The van der Waals surface area contributed by atoms with Crippen LogP contribution >= 0.6 is 0 Å². The Morgan fingerprint density at radius 1 is 0.701 bits per heavy atom. The highest BCUT2D eigenvalue weighted by atomic mass is 16.4. The monoisotopic (exact) mass is 936 g/mol. The van der Waals surface area contributed by atoms with Gasteiger partial charge in [0, 0.05) is 19.4 Å². The molecule has 2 aromatic carbocycles. The standard InChI is InChI=1S/C44H64N12O11/c1-24(2)19-31(37(45)61)52-35(58)23-50-39(63)32(20-26-9-5-4-6-10-26)54-38(62)25(3)51-42(66)33(21-27-13-15-28(57)16-14-27)55-43(67)34(22-36(59)60)56-41(65)30(12-8-18-49-44(46)47)53-40(64)29-11-7-17-48-29/h4-6,9-10,13-16,24-25,29-34,48,57H,7-8,11-12,17-23H2,1-3H3,(H2,45,61)(H,50,63)(H,51,66)(H,52,58)(H,53,64)(H,54,62)(H,55,67)(H,56,65)(H,59,60)(H4,46,47,49)/t25-,29-,30-,31-,32-,33-,34-/m0/s1. The molecule has 0 radical (unpaired) electrons. The molecule has 8 amide bonds. The van der Waals surface area contributed by atoms with Crippen molar-refractivity contribution in [1.29, 1.82) is 0 Å². The molecule has 1 saturated heterocycles. The van der Waals surface area contributed by atoms with Crippen molar-refractivity contribution < 1.29 is 53.4 Å². The fourth-order valence-electron chi connectivity index (χ4n) is 6.95. The van der Waals surface area contributed by atoms with E-state index in [1.165, 1.54) is 31.2 Å². The van der Waals surface area contributed by atoms with Gasteiger partial charge in [-0.25, -0.2) is 0 Å². The molecule has 0 saturated carbocycles. The minimum atomic E-state index is -1.77. The van der Waals surface area contributed by atoms with Crippen molar-refractivity contribution >= 4 is 59.2 Å². The number of phenols is 1. The second-order valence-corrected chi connectivity index (χ2v) is 16.6. The summed E-state index contributed by atoms with van der Waals surface area (Å²) in [5.41, 5.74) is 17.3. The second-order valence-electron chi connectivity index (χ2n) is 16.6. The first kappa shape index (κ1) is 54.0. The van der Waals surface area contributed by atoms with Gasteiger partial charge in [-0.15, -0.1) is 0 Å². The van der Waals surface area contributed by atoms with Crippen LogP contribution in [-0.4, -0.2) is 131 Å². The van der Waals surface area contributed by atoms with Crippen LogP contribution in [-0.2, 0) is 56.0 Å². The van der Waals surface area contributed by atoms with E-state index in [0.29, 0.717) is 24.1 Å². The lowest BCUT2D eigenvalue weighted by Crippen LogP contribution is -2.60. The largest absolute Gasteiger partial charge is 0.508 e. The van der Waals surface area contributed by atoms with Crippen LogP contribution in [0.1, 0.15) is 70.4 Å². The number of amides is 8. The number of nitrogens with two attached hydrogens (primary N) is 3. The maximum atomic E-state index is 14.0. The number of primary amides is 1. The molecule has 366 valence electrons. The van der Waals surface area contributed by atoms with Crippen molar-refractivity contribution in [2.75, 3.05) is 19.6 Å². The third kappa shape index (κ3) is 19.8. The summed E-state index contributed by atoms with van der Waals surface area (Å²) in [5.74, 6) is -8.17. The highest BCUT2D eigenvalue weighted by molar-refractivity contribution is 5.98. The van der Waals surface area contributed by atoms with Crippen molar-refractivity contribution in [3.63, 3.8) is 0 Å². The minimum absolute atomic E-state index is 0.00728. The van der Waals surface area contributed by atoms with E-state index >= 15 is 0 Å². The maximum Gasteiger partial charge on any atom is 0.305 e. The van der Waals surface area contributed by atoms with Gasteiger partial charge in [0.05, 0.1) is 19.0 Å². The number of hydrogen-bond acceptors (Lipinski definition) is 12. The van der Waals surface area contributed by atoms with Crippen molar-refractivity contribution in [1.82, 2.24) is 42.5 Å². The summed E-state index contributed by atoms with van der Waals surface area (Å²) in [7, 11) is 0. The number of rotatable bonds is 27. The average Bonchev–Trinajstić information content (AvgIpc) is 3.82. The number of benzene rings is 2. The van der Waals surface area contributed by atoms with Crippen molar-refractivity contribution in [2.45, 2.75) is 114 Å². The normalized spacial score (nSPS) is 15.8. The molecular formula is C44H64N12O11. The topological polar surface area (TPSA) is 381 Å². The lowest BCUT2D eigenvalue weighted by molar-refractivity contribution is -0.141. The van der Waals surface area contributed by atoms with Gasteiger partial charge in [-0.3, -0.25) is 48.1 Å². The molecule has 23 heteroatoms. The Balaban J connectivity index is 1.80. The SMILES string of the molecule is CC(C)C[C@H](NC(=O)CNC(=O)[C@H](Cc1ccccc1)NC(=O)[C@H](C)NC(=O)[C@H](Cc1ccc(O)cc1)NC(=O)[C@H](CC(=O)O)NC(=O)[C@H](CCCN=C(N)N)NC(=O)[C@@H]1CCCN1)C(N)=O.